The monoisotopic (exact) mass is 1210 g/mol. The van der Waals surface area contributed by atoms with Crippen LogP contribution >= 0.6 is 0 Å². The van der Waals surface area contributed by atoms with Crippen LogP contribution in [0.2, 0.25) is 0 Å². The lowest BCUT2D eigenvalue weighted by Crippen LogP contribution is -2.12. The molecule has 0 fully saturated rings. The highest BCUT2D eigenvalue weighted by Gasteiger charge is 2.41. The standard InChI is InChI=1S/C68H36F15N5/c69-64(70,71)42-24-30-59(87-55-17-9-7-15-47(55)50-31-39(20-28-57(50)87)45-26-22-43(65(72,73)74)35-53(45)67(78,79)80)52(34-42)49-25-19-41(63-85-61(37-11-3-1-4-12-37)84-62(86-63)38-13-5-2-6-14-38)33-60(49)88-56-18-10-8-16-48(56)51-32-40(21-29-58(51)88)46-27-23-44(66(75,76)77)36-54(46)68(81,82)83/h1-36H. The third-order valence-electron chi connectivity index (χ3n) is 15.3. The normalized spacial score (nSPS) is 12.7. The fraction of sp³-hybridized carbons (Fsp3) is 0.0735. The molecule has 0 unspecified atom stereocenters. The molecule has 10 aromatic carbocycles. The van der Waals surface area contributed by atoms with Gasteiger partial charge >= 0.3 is 30.9 Å². The predicted molar refractivity (Wildman–Crippen MR) is 306 cm³/mol. The molecule has 0 aliphatic rings. The first-order chi connectivity index (χ1) is 41.8. The van der Waals surface area contributed by atoms with Gasteiger partial charge in [0.15, 0.2) is 17.5 Å². The minimum atomic E-state index is -5.24. The maximum absolute atomic E-state index is 15.4. The number of aromatic nitrogens is 5. The lowest BCUT2D eigenvalue weighted by molar-refractivity contribution is -0.144. The Balaban J connectivity index is 1.10. The van der Waals surface area contributed by atoms with Crippen molar-refractivity contribution in [3.63, 3.8) is 0 Å². The Morgan fingerprint density at radius 2 is 0.602 bits per heavy atom. The van der Waals surface area contributed by atoms with Gasteiger partial charge in [-0.1, -0.05) is 133 Å². The summed E-state index contributed by atoms with van der Waals surface area (Å²) in [6, 6.07) is 49.8. The summed E-state index contributed by atoms with van der Waals surface area (Å²) < 4.78 is 221. The highest BCUT2D eigenvalue weighted by Crippen LogP contribution is 2.48. The molecule has 0 radical (unpaired) electrons. The van der Waals surface area contributed by atoms with Crippen molar-refractivity contribution < 1.29 is 65.9 Å². The van der Waals surface area contributed by atoms with E-state index in [2.05, 4.69) is 0 Å². The first-order valence-corrected chi connectivity index (χ1v) is 26.7. The van der Waals surface area contributed by atoms with Crippen molar-refractivity contribution in [2.24, 2.45) is 0 Å². The number of alkyl halides is 15. The minimum absolute atomic E-state index is 0.0322. The molecule has 20 heteroatoms. The van der Waals surface area contributed by atoms with E-state index in [0.717, 1.165) is 24.3 Å². The fourth-order valence-corrected chi connectivity index (χ4v) is 11.4. The summed E-state index contributed by atoms with van der Waals surface area (Å²) in [5, 5.41) is 1.39. The van der Waals surface area contributed by atoms with Gasteiger partial charge in [0.05, 0.1) is 61.3 Å². The minimum Gasteiger partial charge on any atom is -0.309 e. The molecule has 0 aliphatic heterocycles. The molecule has 13 aromatic rings. The van der Waals surface area contributed by atoms with Crippen LogP contribution in [0.15, 0.2) is 218 Å². The average Bonchev–Trinajstić information content (AvgIpc) is 1.76. The molecule has 0 spiro atoms. The van der Waals surface area contributed by atoms with Crippen LogP contribution in [0.1, 0.15) is 27.8 Å². The molecular formula is C68H36F15N5. The summed E-state index contributed by atoms with van der Waals surface area (Å²) in [7, 11) is 0. The number of hydrogen-bond donors (Lipinski definition) is 0. The Morgan fingerprint density at radius 3 is 1.05 bits per heavy atom. The highest BCUT2D eigenvalue weighted by molar-refractivity contribution is 6.13. The molecule has 3 heterocycles. The summed E-state index contributed by atoms with van der Waals surface area (Å²) in [5.41, 5.74) is -5.50. The smallest absolute Gasteiger partial charge is 0.309 e. The fourth-order valence-electron chi connectivity index (χ4n) is 11.4. The van der Waals surface area contributed by atoms with Crippen molar-refractivity contribution in [2.45, 2.75) is 30.9 Å². The second-order valence-electron chi connectivity index (χ2n) is 20.7. The number of nitrogens with zero attached hydrogens (tertiary/aromatic N) is 5. The van der Waals surface area contributed by atoms with Crippen molar-refractivity contribution in [1.82, 2.24) is 24.1 Å². The molecular weight excluding hydrogens is 1170 g/mol. The van der Waals surface area contributed by atoms with E-state index in [1.807, 2.05) is 0 Å². The first-order valence-electron chi connectivity index (χ1n) is 26.7. The van der Waals surface area contributed by atoms with E-state index in [1.165, 1.54) is 42.5 Å². The Bertz CT molecular complexity index is 4840. The van der Waals surface area contributed by atoms with Crippen LogP contribution < -0.4 is 0 Å². The number of fused-ring (bicyclic) bond motifs is 6. The molecule has 0 saturated carbocycles. The van der Waals surface area contributed by atoms with Gasteiger partial charge in [0.2, 0.25) is 0 Å². The summed E-state index contributed by atoms with van der Waals surface area (Å²) in [6.45, 7) is 0. The van der Waals surface area contributed by atoms with Crippen LogP contribution in [0.3, 0.4) is 0 Å². The summed E-state index contributed by atoms with van der Waals surface area (Å²) in [5.74, 6) is 0.613. The predicted octanol–water partition coefficient (Wildman–Crippen LogP) is 21.2. The van der Waals surface area contributed by atoms with Crippen LogP contribution in [0.25, 0.3) is 123 Å². The van der Waals surface area contributed by atoms with E-state index in [-0.39, 0.29) is 79.7 Å². The summed E-state index contributed by atoms with van der Waals surface area (Å²) in [6.07, 6.45) is -25.7. The van der Waals surface area contributed by atoms with E-state index in [4.69, 9.17) is 15.0 Å². The van der Waals surface area contributed by atoms with Gasteiger partial charge in [-0.25, -0.2) is 15.0 Å². The molecule has 0 aliphatic carbocycles. The lowest BCUT2D eigenvalue weighted by atomic mass is 9.95. The second-order valence-corrected chi connectivity index (χ2v) is 20.7. The van der Waals surface area contributed by atoms with E-state index in [1.54, 1.807) is 137 Å². The van der Waals surface area contributed by atoms with Crippen LogP contribution in [-0.4, -0.2) is 24.1 Å². The number of benzene rings is 10. The Labute approximate surface area is 487 Å². The van der Waals surface area contributed by atoms with Crippen molar-refractivity contribution in [3.05, 3.63) is 246 Å². The van der Waals surface area contributed by atoms with Gasteiger partial charge < -0.3 is 9.13 Å². The van der Waals surface area contributed by atoms with Crippen LogP contribution in [0.4, 0.5) is 65.9 Å². The first kappa shape index (κ1) is 56.9. The maximum atomic E-state index is 15.4. The van der Waals surface area contributed by atoms with Gasteiger partial charge in [-0.3, -0.25) is 0 Å². The average molecular weight is 1210 g/mol. The number of para-hydroxylation sites is 2. The third-order valence-corrected chi connectivity index (χ3v) is 15.3. The number of halogens is 15. The molecule has 5 nitrogen and oxygen atoms in total. The zero-order valence-corrected chi connectivity index (χ0v) is 44.7. The summed E-state index contributed by atoms with van der Waals surface area (Å²) in [4.78, 5) is 14.6. The van der Waals surface area contributed by atoms with Gasteiger partial charge in [0, 0.05) is 49.4 Å². The van der Waals surface area contributed by atoms with Gasteiger partial charge in [0.25, 0.3) is 0 Å². The molecule has 438 valence electrons. The quantitative estimate of drug-likeness (QED) is 0.142. The van der Waals surface area contributed by atoms with Gasteiger partial charge in [-0.15, -0.1) is 0 Å². The van der Waals surface area contributed by atoms with E-state index in [9.17, 15) is 52.7 Å². The molecule has 88 heavy (non-hydrogen) atoms. The van der Waals surface area contributed by atoms with Gasteiger partial charge in [0.1, 0.15) is 0 Å². The van der Waals surface area contributed by atoms with Crippen LogP contribution in [0, 0.1) is 0 Å². The second kappa shape index (κ2) is 20.7. The zero-order valence-electron chi connectivity index (χ0n) is 44.7. The van der Waals surface area contributed by atoms with Crippen molar-refractivity contribution in [2.75, 3.05) is 0 Å². The van der Waals surface area contributed by atoms with Crippen LogP contribution in [0.5, 0.6) is 0 Å². The van der Waals surface area contributed by atoms with Crippen LogP contribution in [-0.2, 0) is 30.9 Å². The van der Waals surface area contributed by atoms with E-state index >= 15 is 13.2 Å². The van der Waals surface area contributed by atoms with Gasteiger partial charge in [-0.05, 0) is 107 Å². The SMILES string of the molecule is FC(F)(F)c1ccc(-n2c3ccccc3c3cc(-c4ccc(C(F)(F)F)cc4C(F)(F)F)ccc32)c(-c2ccc(-c3nc(-c4ccccc4)nc(-c4ccccc4)n3)cc2-n2c3ccccc3c3cc(-c4ccc(C(F)(F)F)cc4C(F)(F)F)ccc32)c1. The molecule has 0 atom stereocenters. The van der Waals surface area contributed by atoms with Crippen molar-refractivity contribution in [1.29, 1.82) is 0 Å². The molecule has 13 rings (SSSR count). The topological polar surface area (TPSA) is 48.5 Å². The van der Waals surface area contributed by atoms with E-state index < -0.39 is 69.8 Å². The Morgan fingerprint density at radius 1 is 0.239 bits per heavy atom. The Kier molecular flexibility index (Phi) is 13.4. The largest absolute Gasteiger partial charge is 0.417 e. The third kappa shape index (κ3) is 10.2. The molecule has 0 amide bonds. The zero-order chi connectivity index (χ0) is 61.8. The number of rotatable bonds is 8. The molecule has 3 aromatic heterocycles. The molecule has 0 N–H and O–H groups in total. The maximum Gasteiger partial charge on any atom is 0.417 e. The molecule has 0 bridgehead atoms. The highest BCUT2D eigenvalue weighted by atomic mass is 19.4. The lowest BCUT2D eigenvalue weighted by Gasteiger charge is -2.21. The Hall–Kier alpha value is -10.2. The van der Waals surface area contributed by atoms with E-state index in [0.29, 0.717) is 56.0 Å². The van der Waals surface area contributed by atoms with Crippen molar-refractivity contribution >= 4 is 43.6 Å². The molecule has 0 saturated heterocycles. The number of hydrogen-bond acceptors (Lipinski definition) is 3. The summed E-state index contributed by atoms with van der Waals surface area (Å²) >= 11 is 0. The van der Waals surface area contributed by atoms with Crippen molar-refractivity contribution in [3.8, 4) is 78.9 Å². The van der Waals surface area contributed by atoms with Gasteiger partial charge in [-0.2, -0.15) is 65.9 Å².